The first-order valence-corrected chi connectivity index (χ1v) is 7.49. The highest BCUT2D eigenvalue weighted by Crippen LogP contribution is 2.16. The number of piperidine rings is 1. The molecule has 2 N–H and O–H groups in total. The molecule has 22 heavy (non-hydrogen) atoms. The van der Waals surface area contributed by atoms with Crippen LogP contribution in [0.1, 0.15) is 29.0 Å². The van der Waals surface area contributed by atoms with Gasteiger partial charge in [0.2, 0.25) is 0 Å². The van der Waals surface area contributed by atoms with Crippen LogP contribution in [0.2, 0.25) is 0 Å². The third-order valence-corrected chi connectivity index (χ3v) is 4.00. The van der Waals surface area contributed by atoms with Gasteiger partial charge in [-0.2, -0.15) is 0 Å². The van der Waals surface area contributed by atoms with E-state index in [2.05, 4.69) is 15.3 Å². The standard InChI is InChI=1S/C16H19FN4O/c17-14-4-2-1-3-13(14)16(22)21-9-5-12(6-10-21)20-11-15-18-7-8-19-15/h1-4,7-8,12,20H,5-6,9-11H2,(H,18,19). The smallest absolute Gasteiger partial charge is 0.256 e. The van der Waals surface area contributed by atoms with E-state index in [1.165, 1.54) is 6.07 Å². The highest BCUT2D eigenvalue weighted by Gasteiger charge is 2.24. The summed E-state index contributed by atoms with van der Waals surface area (Å²) < 4.78 is 13.7. The molecule has 2 heterocycles. The zero-order valence-electron chi connectivity index (χ0n) is 12.3. The van der Waals surface area contributed by atoms with Crippen molar-refractivity contribution in [2.75, 3.05) is 13.1 Å². The fourth-order valence-corrected chi connectivity index (χ4v) is 2.73. The summed E-state index contributed by atoms with van der Waals surface area (Å²) in [4.78, 5) is 21.3. The Morgan fingerprint density at radius 2 is 2.14 bits per heavy atom. The van der Waals surface area contributed by atoms with Crippen LogP contribution < -0.4 is 5.32 Å². The molecule has 6 heteroatoms. The lowest BCUT2D eigenvalue weighted by Gasteiger charge is -2.32. The van der Waals surface area contributed by atoms with Crippen LogP contribution in [0.4, 0.5) is 4.39 Å². The van der Waals surface area contributed by atoms with Gasteiger partial charge in [-0.1, -0.05) is 12.1 Å². The maximum Gasteiger partial charge on any atom is 0.256 e. The fraction of sp³-hybridized carbons (Fsp3) is 0.375. The van der Waals surface area contributed by atoms with Crippen LogP contribution in [0.25, 0.3) is 0 Å². The van der Waals surface area contributed by atoms with Crippen molar-refractivity contribution >= 4 is 5.91 Å². The molecular weight excluding hydrogens is 283 g/mol. The number of nitrogens with zero attached hydrogens (tertiary/aromatic N) is 2. The Morgan fingerprint density at radius 1 is 1.36 bits per heavy atom. The SMILES string of the molecule is O=C(c1ccccc1F)N1CCC(NCc2ncc[nH]2)CC1. The van der Waals surface area contributed by atoms with Gasteiger partial charge in [0.25, 0.3) is 5.91 Å². The first-order chi connectivity index (χ1) is 10.7. The maximum atomic E-state index is 13.7. The van der Waals surface area contributed by atoms with E-state index in [1.54, 1.807) is 35.5 Å². The Labute approximate surface area is 128 Å². The lowest BCUT2D eigenvalue weighted by Crippen LogP contribution is -2.45. The minimum Gasteiger partial charge on any atom is -0.348 e. The number of aromatic nitrogens is 2. The number of benzene rings is 1. The lowest BCUT2D eigenvalue weighted by atomic mass is 10.0. The molecule has 0 unspecified atom stereocenters. The van der Waals surface area contributed by atoms with Gasteiger partial charge in [0.15, 0.2) is 0 Å². The van der Waals surface area contributed by atoms with Crippen molar-refractivity contribution in [2.24, 2.45) is 0 Å². The van der Waals surface area contributed by atoms with E-state index in [0.717, 1.165) is 18.7 Å². The molecule has 116 valence electrons. The van der Waals surface area contributed by atoms with Crippen molar-refractivity contribution in [1.82, 2.24) is 20.2 Å². The monoisotopic (exact) mass is 302 g/mol. The van der Waals surface area contributed by atoms with Crippen molar-refractivity contribution in [3.8, 4) is 0 Å². The molecule has 3 rings (SSSR count). The molecule has 0 atom stereocenters. The summed E-state index contributed by atoms with van der Waals surface area (Å²) in [6.45, 7) is 1.98. The Bertz CT molecular complexity index is 621. The van der Waals surface area contributed by atoms with Gasteiger partial charge in [-0.15, -0.1) is 0 Å². The Morgan fingerprint density at radius 3 is 2.82 bits per heavy atom. The summed E-state index contributed by atoms with van der Waals surface area (Å²) in [7, 11) is 0. The van der Waals surface area contributed by atoms with Gasteiger partial charge in [0, 0.05) is 31.5 Å². The summed E-state index contributed by atoms with van der Waals surface area (Å²) in [5.41, 5.74) is 0.157. The number of aromatic amines is 1. The molecule has 1 aromatic carbocycles. The number of carbonyl (C=O) groups is 1. The number of imidazole rings is 1. The highest BCUT2D eigenvalue weighted by atomic mass is 19.1. The van der Waals surface area contributed by atoms with E-state index in [4.69, 9.17) is 0 Å². The molecule has 0 saturated carbocycles. The maximum absolute atomic E-state index is 13.7. The third-order valence-electron chi connectivity index (χ3n) is 4.00. The molecule has 1 fully saturated rings. The van der Waals surface area contributed by atoms with Crippen molar-refractivity contribution in [3.05, 3.63) is 53.9 Å². The van der Waals surface area contributed by atoms with E-state index < -0.39 is 5.82 Å². The minimum absolute atomic E-state index is 0.157. The second kappa shape index (κ2) is 6.70. The molecule has 5 nitrogen and oxygen atoms in total. The van der Waals surface area contributed by atoms with Crippen LogP contribution in [0, 0.1) is 5.82 Å². The number of H-pyrrole nitrogens is 1. The van der Waals surface area contributed by atoms with Crippen LogP contribution in [-0.4, -0.2) is 39.9 Å². The largest absolute Gasteiger partial charge is 0.348 e. The van der Waals surface area contributed by atoms with Gasteiger partial charge < -0.3 is 15.2 Å². The van der Waals surface area contributed by atoms with Crippen LogP contribution in [-0.2, 0) is 6.54 Å². The van der Waals surface area contributed by atoms with Gasteiger partial charge in [0.1, 0.15) is 11.6 Å². The number of nitrogens with one attached hydrogen (secondary N) is 2. The number of amides is 1. The van der Waals surface area contributed by atoms with E-state index in [1.807, 2.05) is 0 Å². The second-order valence-electron chi connectivity index (χ2n) is 5.46. The van der Waals surface area contributed by atoms with Gasteiger partial charge >= 0.3 is 0 Å². The number of rotatable bonds is 4. The number of halogens is 1. The molecular formula is C16H19FN4O. The van der Waals surface area contributed by atoms with E-state index in [9.17, 15) is 9.18 Å². The van der Waals surface area contributed by atoms with E-state index in [-0.39, 0.29) is 11.5 Å². The molecule has 1 aromatic heterocycles. The zero-order valence-corrected chi connectivity index (χ0v) is 12.3. The summed E-state index contributed by atoms with van der Waals surface area (Å²) in [5, 5.41) is 3.43. The van der Waals surface area contributed by atoms with Crippen molar-refractivity contribution in [3.63, 3.8) is 0 Å². The molecule has 0 radical (unpaired) electrons. The molecule has 1 aliphatic rings. The average Bonchev–Trinajstić information content (AvgIpc) is 3.07. The summed E-state index contributed by atoms with van der Waals surface area (Å²) in [6, 6.07) is 6.50. The second-order valence-corrected chi connectivity index (χ2v) is 5.46. The first-order valence-electron chi connectivity index (χ1n) is 7.49. The van der Waals surface area contributed by atoms with Crippen molar-refractivity contribution in [2.45, 2.75) is 25.4 Å². The van der Waals surface area contributed by atoms with Gasteiger partial charge in [-0.3, -0.25) is 4.79 Å². The molecule has 0 spiro atoms. The molecule has 1 saturated heterocycles. The van der Waals surface area contributed by atoms with Gasteiger partial charge in [-0.25, -0.2) is 9.37 Å². The molecule has 1 amide bonds. The minimum atomic E-state index is -0.453. The van der Waals surface area contributed by atoms with Gasteiger partial charge in [-0.05, 0) is 25.0 Å². The Kier molecular flexibility index (Phi) is 4.48. The molecule has 0 aliphatic carbocycles. The van der Waals surface area contributed by atoms with Crippen LogP contribution in [0.5, 0.6) is 0 Å². The predicted molar refractivity (Wildman–Crippen MR) is 80.8 cm³/mol. The molecule has 1 aliphatic heterocycles. The fourth-order valence-electron chi connectivity index (χ4n) is 2.73. The van der Waals surface area contributed by atoms with Crippen molar-refractivity contribution < 1.29 is 9.18 Å². The van der Waals surface area contributed by atoms with Crippen LogP contribution >= 0.6 is 0 Å². The quantitative estimate of drug-likeness (QED) is 0.907. The Balaban J connectivity index is 1.51. The van der Waals surface area contributed by atoms with Gasteiger partial charge in [0.05, 0.1) is 12.1 Å². The predicted octanol–water partition coefficient (Wildman–Crippen LogP) is 1.94. The molecule has 2 aromatic rings. The topological polar surface area (TPSA) is 61.0 Å². The van der Waals surface area contributed by atoms with E-state index >= 15 is 0 Å². The normalized spacial score (nSPS) is 16.0. The Hall–Kier alpha value is -2.21. The number of carbonyl (C=O) groups excluding carboxylic acids is 1. The highest BCUT2D eigenvalue weighted by molar-refractivity contribution is 5.94. The third kappa shape index (κ3) is 3.33. The van der Waals surface area contributed by atoms with Crippen LogP contribution in [0.15, 0.2) is 36.7 Å². The zero-order chi connectivity index (χ0) is 15.4. The lowest BCUT2D eigenvalue weighted by molar-refractivity contribution is 0.0700. The average molecular weight is 302 g/mol. The molecule has 0 bridgehead atoms. The number of hydrogen-bond acceptors (Lipinski definition) is 3. The van der Waals surface area contributed by atoms with E-state index in [0.29, 0.717) is 25.7 Å². The summed E-state index contributed by atoms with van der Waals surface area (Å²) >= 11 is 0. The van der Waals surface area contributed by atoms with Crippen molar-refractivity contribution in [1.29, 1.82) is 0 Å². The summed E-state index contributed by atoms with van der Waals surface area (Å²) in [5.74, 6) is 0.234. The summed E-state index contributed by atoms with van der Waals surface area (Å²) in [6.07, 6.45) is 5.25. The first kappa shape index (κ1) is 14.7. The number of hydrogen-bond donors (Lipinski definition) is 2. The number of likely N-dealkylation sites (tertiary alicyclic amines) is 1. The van der Waals surface area contributed by atoms with Crippen LogP contribution in [0.3, 0.4) is 0 Å².